The van der Waals surface area contributed by atoms with Crippen molar-refractivity contribution in [3.63, 3.8) is 0 Å². The minimum atomic E-state index is 0.772. The van der Waals surface area contributed by atoms with Gasteiger partial charge in [-0.25, -0.2) is 0 Å². The molecule has 1 aromatic carbocycles. The van der Waals surface area contributed by atoms with Crippen LogP contribution in [0.3, 0.4) is 0 Å². The van der Waals surface area contributed by atoms with Gasteiger partial charge in [-0.3, -0.25) is 4.79 Å². The van der Waals surface area contributed by atoms with Gasteiger partial charge in [0.15, 0.2) is 0 Å². The Hall–Kier alpha value is -1.57. The van der Waals surface area contributed by atoms with Crippen LogP contribution in [0, 0.1) is 0 Å². The number of benzene rings is 1. The quantitative estimate of drug-likeness (QED) is 0.692. The highest BCUT2D eigenvalue weighted by molar-refractivity contribution is 5.86. The van der Waals surface area contributed by atoms with Crippen molar-refractivity contribution in [2.24, 2.45) is 0 Å². The van der Waals surface area contributed by atoms with Gasteiger partial charge in [-0.15, -0.1) is 0 Å². The van der Waals surface area contributed by atoms with Gasteiger partial charge in [0.2, 0.25) is 0 Å². The number of aldehydes is 1. The van der Waals surface area contributed by atoms with E-state index in [0.29, 0.717) is 0 Å². The zero-order valence-electron chi connectivity index (χ0n) is 7.50. The summed E-state index contributed by atoms with van der Waals surface area (Å²) in [4.78, 5) is 10.5. The number of anilines is 1. The van der Waals surface area contributed by atoms with Crippen LogP contribution in [0.25, 0.3) is 6.08 Å². The first-order valence-corrected chi connectivity index (χ1v) is 4.30. The molecule has 2 nitrogen and oxygen atoms in total. The molecule has 1 N–H and O–H groups in total. The highest BCUT2D eigenvalue weighted by Crippen LogP contribution is 2.26. The van der Waals surface area contributed by atoms with Gasteiger partial charge < -0.3 is 5.32 Å². The van der Waals surface area contributed by atoms with Crippen molar-refractivity contribution in [1.82, 2.24) is 0 Å². The minimum absolute atomic E-state index is 0.772. The number of carbonyl (C=O) groups is 1. The molecule has 1 aliphatic carbocycles. The van der Waals surface area contributed by atoms with Crippen molar-refractivity contribution in [3.05, 3.63) is 34.9 Å². The molecule has 66 valence electrons. The fourth-order valence-corrected chi connectivity index (χ4v) is 1.60. The van der Waals surface area contributed by atoms with Gasteiger partial charge in [-0.2, -0.15) is 0 Å². The summed E-state index contributed by atoms with van der Waals surface area (Å²) in [6.07, 6.45) is 3.65. The molecule has 0 heterocycles. The van der Waals surface area contributed by atoms with Crippen LogP contribution < -0.4 is 5.32 Å². The second-order valence-electron chi connectivity index (χ2n) is 3.18. The van der Waals surface area contributed by atoms with Crippen LogP contribution in [0.4, 0.5) is 5.69 Å². The van der Waals surface area contributed by atoms with E-state index in [9.17, 15) is 4.79 Å². The molecule has 0 amide bonds. The molecule has 0 fully saturated rings. The summed E-state index contributed by atoms with van der Waals surface area (Å²) in [5, 5.41) is 3.08. The second-order valence-corrected chi connectivity index (χ2v) is 3.18. The Morgan fingerprint density at radius 1 is 1.46 bits per heavy atom. The Labute approximate surface area is 77.3 Å². The van der Waals surface area contributed by atoms with Crippen LogP contribution in [0.1, 0.15) is 11.1 Å². The van der Waals surface area contributed by atoms with Crippen molar-refractivity contribution >= 4 is 18.0 Å². The maximum Gasteiger partial charge on any atom is 0.146 e. The van der Waals surface area contributed by atoms with Gasteiger partial charge in [-0.1, -0.05) is 6.07 Å². The fourth-order valence-electron chi connectivity index (χ4n) is 1.60. The summed E-state index contributed by atoms with van der Waals surface area (Å²) in [6.45, 7) is 0. The molecular formula is C11H11NO. The van der Waals surface area contributed by atoms with E-state index in [0.717, 1.165) is 24.0 Å². The Kier molecular flexibility index (Phi) is 1.89. The lowest BCUT2D eigenvalue weighted by molar-refractivity contribution is -0.104. The minimum Gasteiger partial charge on any atom is -0.388 e. The van der Waals surface area contributed by atoms with E-state index in [1.165, 1.54) is 11.1 Å². The lowest BCUT2D eigenvalue weighted by Gasteiger charge is -2.02. The summed E-state index contributed by atoms with van der Waals surface area (Å²) in [5.41, 5.74) is 4.36. The summed E-state index contributed by atoms with van der Waals surface area (Å²) >= 11 is 0. The third-order valence-corrected chi connectivity index (χ3v) is 2.32. The molecule has 0 bridgehead atoms. The topological polar surface area (TPSA) is 29.1 Å². The van der Waals surface area contributed by atoms with E-state index in [2.05, 4.69) is 11.4 Å². The molecule has 1 aliphatic rings. The van der Waals surface area contributed by atoms with Crippen molar-refractivity contribution in [2.75, 3.05) is 12.4 Å². The molecule has 2 rings (SSSR count). The van der Waals surface area contributed by atoms with Crippen molar-refractivity contribution in [2.45, 2.75) is 6.42 Å². The SMILES string of the molecule is CNc1ccc2c(c1)CC(C=O)=C2. The van der Waals surface area contributed by atoms with Gasteiger partial charge >= 0.3 is 0 Å². The van der Waals surface area contributed by atoms with E-state index < -0.39 is 0 Å². The van der Waals surface area contributed by atoms with Crippen molar-refractivity contribution < 1.29 is 4.79 Å². The zero-order chi connectivity index (χ0) is 9.26. The van der Waals surface area contributed by atoms with Gasteiger partial charge in [0.1, 0.15) is 6.29 Å². The maximum atomic E-state index is 10.5. The predicted octanol–water partition coefficient (Wildman–Crippen LogP) is 1.87. The standard InChI is InChI=1S/C11H11NO/c1-12-11-3-2-9-4-8(7-13)5-10(9)6-11/h2-4,6-7,12H,5H2,1H3. The Bertz CT molecular complexity index is 380. The molecule has 0 aliphatic heterocycles. The molecule has 0 radical (unpaired) electrons. The van der Waals surface area contributed by atoms with Crippen molar-refractivity contribution in [1.29, 1.82) is 0 Å². The van der Waals surface area contributed by atoms with Crippen LogP contribution >= 0.6 is 0 Å². The molecule has 0 aromatic heterocycles. The highest BCUT2D eigenvalue weighted by Gasteiger charge is 2.11. The molecular weight excluding hydrogens is 162 g/mol. The van der Waals surface area contributed by atoms with Gasteiger partial charge in [0.25, 0.3) is 0 Å². The van der Waals surface area contributed by atoms with Gasteiger partial charge in [0.05, 0.1) is 0 Å². The third kappa shape index (κ3) is 1.35. The summed E-state index contributed by atoms with van der Waals surface area (Å²) in [6, 6.07) is 6.14. The number of hydrogen-bond acceptors (Lipinski definition) is 2. The molecule has 0 unspecified atom stereocenters. The average molecular weight is 173 g/mol. The van der Waals surface area contributed by atoms with E-state index >= 15 is 0 Å². The Morgan fingerprint density at radius 3 is 3.00 bits per heavy atom. The first kappa shape index (κ1) is 8.05. The summed E-state index contributed by atoms with van der Waals surface area (Å²) in [7, 11) is 1.89. The molecule has 0 spiro atoms. The molecule has 0 saturated carbocycles. The Balaban J connectivity index is 2.38. The van der Waals surface area contributed by atoms with Crippen molar-refractivity contribution in [3.8, 4) is 0 Å². The number of hydrogen-bond donors (Lipinski definition) is 1. The molecule has 0 saturated heterocycles. The summed E-state index contributed by atoms with van der Waals surface area (Å²) in [5.74, 6) is 0. The van der Waals surface area contributed by atoms with Gasteiger partial charge in [0, 0.05) is 19.2 Å². The zero-order valence-corrected chi connectivity index (χ0v) is 7.50. The van der Waals surface area contributed by atoms with E-state index in [1.807, 2.05) is 25.3 Å². The van der Waals surface area contributed by atoms with Crippen LogP contribution in [-0.2, 0) is 11.2 Å². The van der Waals surface area contributed by atoms with E-state index in [4.69, 9.17) is 0 Å². The van der Waals surface area contributed by atoms with E-state index in [-0.39, 0.29) is 0 Å². The number of nitrogens with one attached hydrogen (secondary N) is 1. The molecule has 2 heteroatoms. The van der Waals surface area contributed by atoms with Crippen LogP contribution in [-0.4, -0.2) is 13.3 Å². The molecule has 1 aromatic rings. The highest BCUT2D eigenvalue weighted by atomic mass is 16.1. The predicted molar refractivity (Wildman–Crippen MR) is 53.7 cm³/mol. The number of allylic oxidation sites excluding steroid dienone is 1. The van der Waals surface area contributed by atoms with Crippen LogP contribution in [0.2, 0.25) is 0 Å². The Morgan fingerprint density at radius 2 is 2.31 bits per heavy atom. The first-order valence-electron chi connectivity index (χ1n) is 4.30. The van der Waals surface area contributed by atoms with Crippen LogP contribution in [0.5, 0.6) is 0 Å². The molecule has 0 atom stereocenters. The normalized spacial score (nSPS) is 13.5. The number of fused-ring (bicyclic) bond motifs is 1. The molecule has 13 heavy (non-hydrogen) atoms. The fraction of sp³-hybridized carbons (Fsp3) is 0.182. The smallest absolute Gasteiger partial charge is 0.146 e. The van der Waals surface area contributed by atoms with Crippen LogP contribution in [0.15, 0.2) is 23.8 Å². The lowest BCUT2D eigenvalue weighted by atomic mass is 10.1. The number of rotatable bonds is 2. The summed E-state index contributed by atoms with van der Waals surface area (Å²) < 4.78 is 0. The largest absolute Gasteiger partial charge is 0.388 e. The third-order valence-electron chi connectivity index (χ3n) is 2.32. The maximum absolute atomic E-state index is 10.5. The monoisotopic (exact) mass is 173 g/mol. The first-order chi connectivity index (χ1) is 6.33. The lowest BCUT2D eigenvalue weighted by Crippen LogP contribution is -1.91. The second kappa shape index (κ2) is 3.05. The van der Waals surface area contributed by atoms with Gasteiger partial charge in [-0.05, 0) is 34.9 Å². The van der Waals surface area contributed by atoms with E-state index in [1.54, 1.807) is 0 Å². The average Bonchev–Trinajstić information content (AvgIpc) is 2.58. The number of carbonyl (C=O) groups excluding carboxylic acids is 1.